The van der Waals surface area contributed by atoms with E-state index >= 15 is 0 Å². The molecule has 0 saturated carbocycles. The van der Waals surface area contributed by atoms with Crippen LogP contribution >= 0.6 is 0 Å². The molecule has 19 heavy (non-hydrogen) atoms. The van der Waals surface area contributed by atoms with Gasteiger partial charge < -0.3 is 14.4 Å². The minimum absolute atomic E-state index is 0.398. The highest BCUT2D eigenvalue weighted by atomic mass is 16.5. The van der Waals surface area contributed by atoms with Crippen molar-refractivity contribution in [1.82, 2.24) is 4.90 Å². The summed E-state index contributed by atoms with van der Waals surface area (Å²) >= 11 is 0. The molecular weight excluding hydrogens is 246 g/mol. The first kappa shape index (κ1) is 13.5. The molecule has 1 saturated heterocycles. The van der Waals surface area contributed by atoms with Gasteiger partial charge in [0.15, 0.2) is 0 Å². The number of amides is 1. The average molecular weight is 263 g/mol. The molecule has 0 unspecified atom stereocenters. The van der Waals surface area contributed by atoms with E-state index in [9.17, 15) is 9.59 Å². The van der Waals surface area contributed by atoms with Crippen LogP contribution in [0, 0.1) is 6.92 Å². The highest BCUT2D eigenvalue weighted by Gasteiger charge is 2.25. The maximum atomic E-state index is 12.1. The molecule has 0 radical (unpaired) electrons. The van der Waals surface area contributed by atoms with Crippen LogP contribution in [0.1, 0.15) is 15.9 Å². The van der Waals surface area contributed by atoms with E-state index < -0.39 is 11.7 Å². The lowest BCUT2D eigenvalue weighted by molar-refractivity contribution is -0.130. The lowest BCUT2D eigenvalue weighted by Gasteiger charge is -2.26. The van der Waals surface area contributed by atoms with Crippen LogP contribution in [0.15, 0.2) is 18.2 Å². The van der Waals surface area contributed by atoms with Gasteiger partial charge in [0.25, 0.3) is 5.91 Å². The van der Waals surface area contributed by atoms with Crippen LogP contribution in [0.2, 0.25) is 0 Å². The van der Waals surface area contributed by atoms with E-state index in [1.54, 1.807) is 25.3 Å². The van der Waals surface area contributed by atoms with Crippen molar-refractivity contribution in [3.63, 3.8) is 0 Å². The number of aryl methyl sites for hydroxylation is 1. The van der Waals surface area contributed by atoms with Gasteiger partial charge in [-0.05, 0) is 30.7 Å². The van der Waals surface area contributed by atoms with E-state index in [0.717, 1.165) is 5.56 Å². The number of benzene rings is 1. The van der Waals surface area contributed by atoms with Gasteiger partial charge in [-0.2, -0.15) is 0 Å². The molecule has 0 aliphatic carbocycles. The molecule has 1 aromatic carbocycles. The molecule has 1 aliphatic heterocycles. The molecule has 2 rings (SSSR count). The molecule has 0 N–H and O–H groups in total. The fourth-order valence-corrected chi connectivity index (χ4v) is 2.05. The third-order valence-electron chi connectivity index (χ3n) is 3.15. The van der Waals surface area contributed by atoms with E-state index in [-0.39, 0.29) is 0 Å². The molecule has 1 amide bonds. The van der Waals surface area contributed by atoms with Gasteiger partial charge in [-0.25, -0.2) is 0 Å². The van der Waals surface area contributed by atoms with Gasteiger partial charge >= 0.3 is 0 Å². The topological polar surface area (TPSA) is 55.8 Å². The molecule has 5 nitrogen and oxygen atoms in total. The van der Waals surface area contributed by atoms with Crippen LogP contribution in [-0.2, 0) is 9.53 Å². The Morgan fingerprint density at radius 3 is 2.53 bits per heavy atom. The molecule has 0 bridgehead atoms. The summed E-state index contributed by atoms with van der Waals surface area (Å²) in [6.45, 7) is 3.76. The van der Waals surface area contributed by atoms with Crippen LogP contribution in [-0.4, -0.2) is 50.0 Å². The van der Waals surface area contributed by atoms with Crippen molar-refractivity contribution in [2.45, 2.75) is 6.92 Å². The summed E-state index contributed by atoms with van der Waals surface area (Å²) in [5.74, 6) is -0.240. The van der Waals surface area contributed by atoms with E-state index in [0.29, 0.717) is 37.6 Å². The average Bonchev–Trinajstić information content (AvgIpc) is 2.46. The Balaban J connectivity index is 2.14. The number of hydrogen-bond donors (Lipinski definition) is 0. The van der Waals surface area contributed by atoms with Crippen molar-refractivity contribution in [3.8, 4) is 5.75 Å². The fourth-order valence-electron chi connectivity index (χ4n) is 2.05. The molecular formula is C14H17NO4. The first-order valence-electron chi connectivity index (χ1n) is 6.19. The quantitative estimate of drug-likeness (QED) is 0.604. The Morgan fingerprint density at radius 1 is 1.26 bits per heavy atom. The van der Waals surface area contributed by atoms with Crippen LogP contribution < -0.4 is 4.74 Å². The number of ether oxygens (including phenoxy) is 2. The molecule has 1 fully saturated rings. The normalized spacial score (nSPS) is 15.2. The molecule has 0 atom stereocenters. The lowest BCUT2D eigenvalue weighted by Crippen LogP contribution is -2.44. The van der Waals surface area contributed by atoms with Crippen molar-refractivity contribution in [2.75, 3.05) is 33.4 Å². The third-order valence-corrected chi connectivity index (χ3v) is 3.15. The second kappa shape index (κ2) is 5.84. The molecule has 0 aromatic heterocycles. The summed E-state index contributed by atoms with van der Waals surface area (Å²) in [6.07, 6.45) is 0. The highest BCUT2D eigenvalue weighted by molar-refractivity contribution is 6.42. The number of carbonyl (C=O) groups is 2. The van der Waals surface area contributed by atoms with Gasteiger partial charge in [0.1, 0.15) is 5.75 Å². The predicted octanol–water partition coefficient (Wildman–Crippen LogP) is 1.05. The zero-order valence-corrected chi connectivity index (χ0v) is 11.1. The number of carbonyl (C=O) groups excluding carboxylic acids is 2. The van der Waals surface area contributed by atoms with E-state index in [2.05, 4.69) is 0 Å². The monoisotopic (exact) mass is 263 g/mol. The smallest absolute Gasteiger partial charge is 0.295 e. The number of Topliss-reactive ketones (excluding diaryl/α,β-unsaturated/α-hetero) is 1. The largest absolute Gasteiger partial charge is 0.496 e. The molecule has 0 spiro atoms. The van der Waals surface area contributed by atoms with Crippen molar-refractivity contribution in [3.05, 3.63) is 29.3 Å². The Labute approximate surface area is 112 Å². The van der Waals surface area contributed by atoms with Crippen molar-refractivity contribution in [2.24, 2.45) is 0 Å². The summed E-state index contributed by atoms with van der Waals surface area (Å²) in [7, 11) is 1.57. The van der Waals surface area contributed by atoms with Crippen molar-refractivity contribution < 1.29 is 19.1 Å². The van der Waals surface area contributed by atoms with E-state index in [1.165, 1.54) is 4.90 Å². The Bertz CT molecular complexity index is 492. The van der Waals surface area contributed by atoms with Gasteiger partial charge in [-0.3, -0.25) is 9.59 Å². The summed E-state index contributed by atoms with van der Waals surface area (Å²) < 4.78 is 10.3. The maximum Gasteiger partial charge on any atom is 0.295 e. The Morgan fingerprint density at radius 2 is 1.95 bits per heavy atom. The standard InChI is InChI=1S/C14H17NO4/c1-10-9-11(3-4-12(10)18-2)13(16)14(17)15-5-7-19-8-6-15/h3-4,9H,5-8H2,1-2H3. The maximum absolute atomic E-state index is 12.1. The first-order chi connectivity index (χ1) is 9.13. The van der Waals surface area contributed by atoms with Crippen molar-refractivity contribution >= 4 is 11.7 Å². The number of morpholine rings is 1. The van der Waals surface area contributed by atoms with Crippen LogP contribution in [0.25, 0.3) is 0 Å². The molecule has 1 aromatic rings. The van der Waals surface area contributed by atoms with Gasteiger partial charge in [0.2, 0.25) is 5.78 Å². The van der Waals surface area contributed by atoms with Crippen LogP contribution in [0.5, 0.6) is 5.75 Å². The van der Waals surface area contributed by atoms with Gasteiger partial charge in [-0.15, -0.1) is 0 Å². The fraction of sp³-hybridized carbons (Fsp3) is 0.429. The highest BCUT2D eigenvalue weighted by Crippen LogP contribution is 2.19. The number of nitrogens with zero attached hydrogens (tertiary/aromatic N) is 1. The number of methoxy groups -OCH3 is 1. The van der Waals surface area contributed by atoms with E-state index in [4.69, 9.17) is 9.47 Å². The zero-order chi connectivity index (χ0) is 13.8. The third kappa shape index (κ3) is 2.93. The molecule has 1 aliphatic rings. The number of rotatable bonds is 3. The minimum Gasteiger partial charge on any atom is -0.496 e. The second-order valence-electron chi connectivity index (χ2n) is 4.42. The first-order valence-corrected chi connectivity index (χ1v) is 6.19. The second-order valence-corrected chi connectivity index (χ2v) is 4.42. The summed E-state index contributed by atoms with van der Waals surface area (Å²) in [6, 6.07) is 5.00. The Kier molecular flexibility index (Phi) is 4.16. The molecule has 102 valence electrons. The van der Waals surface area contributed by atoms with Crippen LogP contribution in [0.3, 0.4) is 0 Å². The van der Waals surface area contributed by atoms with Gasteiger partial charge in [0, 0.05) is 18.7 Å². The van der Waals surface area contributed by atoms with Crippen molar-refractivity contribution in [1.29, 1.82) is 0 Å². The number of hydrogen-bond acceptors (Lipinski definition) is 4. The Hall–Kier alpha value is -1.88. The minimum atomic E-state index is -0.479. The summed E-state index contributed by atoms with van der Waals surface area (Å²) in [4.78, 5) is 25.7. The van der Waals surface area contributed by atoms with Gasteiger partial charge in [0.05, 0.1) is 20.3 Å². The zero-order valence-electron chi connectivity index (χ0n) is 11.1. The summed E-state index contributed by atoms with van der Waals surface area (Å²) in [5, 5.41) is 0. The lowest BCUT2D eigenvalue weighted by atomic mass is 10.1. The predicted molar refractivity (Wildman–Crippen MR) is 69.5 cm³/mol. The van der Waals surface area contributed by atoms with Gasteiger partial charge in [-0.1, -0.05) is 0 Å². The van der Waals surface area contributed by atoms with Crippen LogP contribution in [0.4, 0.5) is 0 Å². The molecule has 1 heterocycles. The van der Waals surface area contributed by atoms with E-state index in [1.807, 2.05) is 6.92 Å². The summed E-state index contributed by atoms with van der Waals surface area (Å²) in [5.41, 5.74) is 1.23. The molecule has 5 heteroatoms. The SMILES string of the molecule is COc1ccc(C(=O)C(=O)N2CCOCC2)cc1C. The number of ketones is 1.